The Kier molecular flexibility index (Phi) is 6.04. The van der Waals surface area contributed by atoms with E-state index in [4.69, 9.17) is 0 Å². The SMILES string of the molecule is CCNCC(CC)N(C)Cc1ccccn1. The topological polar surface area (TPSA) is 28.2 Å². The maximum Gasteiger partial charge on any atom is 0.0543 e. The minimum atomic E-state index is 0.585. The van der Waals surface area contributed by atoms with Gasteiger partial charge in [-0.2, -0.15) is 0 Å². The molecule has 0 aliphatic carbocycles. The molecule has 1 aromatic rings. The van der Waals surface area contributed by atoms with E-state index in [1.54, 1.807) is 0 Å². The highest BCUT2D eigenvalue weighted by Crippen LogP contribution is 2.05. The molecule has 0 aliphatic heterocycles. The first-order valence-electron chi connectivity index (χ1n) is 6.08. The lowest BCUT2D eigenvalue weighted by Crippen LogP contribution is -2.39. The average molecular weight is 221 g/mol. The van der Waals surface area contributed by atoms with Gasteiger partial charge in [-0.3, -0.25) is 9.88 Å². The van der Waals surface area contributed by atoms with Crippen molar-refractivity contribution in [2.45, 2.75) is 32.9 Å². The lowest BCUT2D eigenvalue weighted by atomic mass is 10.2. The smallest absolute Gasteiger partial charge is 0.0543 e. The molecule has 1 rings (SSSR count). The molecule has 0 saturated carbocycles. The Morgan fingerprint density at radius 2 is 2.19 bits per heavy atom. The lowest BCUT2D eigenvalue weighted by Gasteiger charge is -2.27. The molecule has 3 heteroatoms. The van der Waals surface area contributed by atoms with E-state index in [0.717, 1.165) is 31.7 Å². The molecule has 0 aromatic carbocycles. The molecule has 0 saturated heterocycles. The van der Waals surface area contributed by atoms with Crippen molar-refractivity contribution in [3.05, 3.63) is 30.1 Å². The number of likely N-dealkylation sites (N-methyl/N-ethyl adjacent to an activating group) is 2. The third-order valence-electron chi connectivity index (χ3n) is 2.86. The van der Waals surface area contributed by atoms with Gasteiger partial charge in [0.05, 0.1) is 5.69 Å². The molecular weight excluding hydrogens is 198 g/mol. The third-order valence-corrected chi connectivity index (χ3v) is 2.86. The van der Waals surface area contributed by atoms with Crippen LogP contribution in [-0.4, -0.2) is 36.1 Å². The van der Waals surface area contributed by atoms with Crippen molar-refractivity contribution >= 4 is 0 Å². The molecule has 1 aromatic heterocycles. The Morgan fingerprint density at radius 3 is 2.75 bits per heavy atom. The Bertz CT molecular complexity index is 274. The Balaban J connectivity index is 2.46. The van der Waals surface area contributed by atoms with E-state index in [1.165, 1.54) is 0 Å². The van der Waals surface area contributed by atoms with Crippen molar-refractivity contribution in [2.24, 2.45) is 0 Å². The van der Waals surface area contributed by atoms with Gasteiger partial charge in [-0.05, 0) is 32.1 Å². The van der Waals surface area contributed by atoms with E-state index < -0.39 is 0 Å². The molecule has 3 nitrogen and oxygen atoms in total. The Hall–Kier alpha value is -0.930. The van der Waals surface area contributed by atoms with E-state index >= 15 is 0 Å². The van der Waals surface area contributed by atoms with Crippen molar-refractivity contribution in [1.29, 1.82) is 0 Å². The van der Waals surface area contributed by atoms with E-state index in [1.807, 2.05) is 18.3 Å². The molecule has 16 heavy (non-hydrogen) atoms. The van der Waals surface area contributed by atoms with Gasteiger partial charge in [0.1, 0.15) is 0 Å². The number of nitrogens with zero attached hydrogens (tertiary/aromatic N) is 2. The second kappa shape index (κ2) is 7.36. The first-order chi connectivity index (χ1) is 7.77. The maximum atomic E-state index is 4.35. The molecule has 1 N–H and O–H groups in total. The Labute approximate surface area is 98.9 Å². The minimum Gasteiger partial charge on any atom is -0.315 e. The molecule has 0 aliphatic rings. The van der Waals surface area contributed by atoms with Crippen LogP contribution in [0.25, 0.3) is 0 Å². The van der Waals surface area contributed by atoms with Gasteiger partial charge in [0.25, 0.3) is 0 Å². The second-order valence-electron chi connectivity index (χ2n) is 4.11. The molecule has 0 fully saturated rings. The van der Waals surface area contributed by atoms with E-state index in [9.17, 15) is 0 Å². The summed E-state index contributed by atoms with van der Waals surface area (Å²) in [6, 6.07) is 6.67. The molecule has 1 heterocycles. The third kappa shape index (κ3) is 4.29. The predicted octanol–water partition coefficient (Wildman–Crippen LogP) is 1.90. The molecule has 1 atom stereocenters. The minimum absolute atomic E-state index is 0.585. The maximum absolute atomic E-state index is 4.35. The average Bonchev–Trinajstić information content (AvgIpc) is 2.31. The summed E-state index contributed by atoms with van der Waals surface area (Å²) >= 11 is 0. The van der Waals surface area contributed by atoms with Crippen LogP contribution in [0.3, 0.4) is 0 Å². The van der Waals surface area contributed by atoms with E-state index in [-0.39, 0.29) is 0 Å². The second-order valence-corrected chi connectivity index (χ2v) is 4.11. The van der Waals surface area contributed by atoms with Crippen LogP contribution in [0, 0.1) is 0 Å². The lowest BCUT2D eigenvalue weighted by molar-refractivity contribution is 0.220. The number of hydrogen-bond donors (Lipinski definition) is 1. The summed E-state index contributed by atoms with van der Waals surface area (Å²) < 4.78 is 0. The summed E-state index contributed by atoms with van der Waals surface area (Å²) in [5.41, 5.74) is 1.14. The van der Waals surface area contributed by atoms with Gasteiger partial charge < -0.3 is 5.32 Å². The van der Waals surface area contributed by atoms with Gasteiger partial charge >= 0.3 is 0 Å². The van der Waals surface area contributed by atoms with Gasteiger partial charge in [-0.15, -0.1) is 0 Å². The van der Waals surface area contributed by atoms with Gasteiger partial charge in [-0.25, -0.2) is 0 Å². The predicted molar refractivity (Wildman–Crippen MR) is 68.3 cm³/mol. The van der Waals surface area contributed by atoms with Crippen molar-refractivity contribution in [3.8, 4) is 0 Å². The van der Waals surface area contributed by atoms with Crippen molar-refractivity contribution in [1.82, 2.24) is 15.2 Å². The number of nitrogens with one attached hydrogen (secondary N) is 1. The zero-order chi connectivity index (χ0) is 11.8. The summed E-state index contributed by atoms with van der Waals surface area (Å²) in [6.07, 6.45) is 3.02. The summed E-state index contributed by atoms with van der Waals surface area (Å²) in [5.74, 6) is 0. The van der Waals surface area contributed by atoms with Crippen LogP contribution in [0.15, 0.2) is 24.4 Å². The quantitative estimate of drug-likeness (QED) is 0.762. The fourth-order valence-corrected chi connectivity index (χ4v) is 1.80. The highest BCUT2D eigenvalue weighted by Gasteiger charge is 2.12. The number of aromatic nitrogens is 1. The number of hydrogen-bond acceptors (Lipinski definition) is 3. The van der Waals surface area contributed by atoms with Gasteiger partial charge in [-0.1, -0.05) is 19.9 Å². The van der Waals surface area contributed by atoms with Gasteiger partial charge in [0.2, 0.25) is 0 Å². The van der Waals surface area contributed by atoms with E-state index in [2.05, 4.69) is 42.2 Å². The molecule has 0 radical (unpaired) electrons. The zero-order valence-corrected chi connectivity index (χ0v) is 10.6. The molecular formula is C13H23N3. The van der Waals surface area contributed by atoms with Gasteiger partial charge in [0.15, 0.2) is 0 Å². The highest BCUT2D eigenvalue weighted by molar-refractivity contribution is 5.03. The van der Waals surface area contributed by atoms with Crippen LogP contribution in [0.4, 0.5) is 0 Å². The largest absolute Gasteiger partial charge is 0.315 e. The van der Waals surface area contributed by atoms with Crippen LogP contribution in [-0.2, 0) is 6.54 Å². The molecule has 0 bridgehead atoms. The van der Waals surface area contributed by atoms with Crippen molar-refractivity contribution in [2.75, 3.05) is 20.1 Å². The van der Waals surface area contributed by atoms with E-state index in [0.29, 0.717) is 6.04 Å². The first-order valence-corrected chi connectivity index (χ1v) is 6.08. The summed E-state index contributed by atoms with van der Waals surface area (Å²) in [7, 11) is 2.17. The molecule has 0 amide bonds. The summed E-state index contributed by atoms with van der Waals surface area (Å²) in [4.78, 5) is 6.72. The van der Waals surface area contributed by atoms with Crippen LogP contribution in [0.2, 0.25) is 0 Å². The van der Waals surface area contributed by atoms with Crippen LogP contribution in [0.1, 0.15) is 26.0 Å². The standard InChI is InChI=1S/C13H23N3/c1-4-13(10-14-5-2)16(3)11-12-8-6-7-9-15-12/h6-9,13-14H,4-5,10-11H2,1-3H3. The molecule has 90 valence electrons. The summed E-state index contributed by atoms with van der Waals surface area (Å²) in [6.45, 7) is 7.39. The normalized spacial score (nSPS) is 13.0. The highest BCUT2D eigenvalue weighted by atomic mass is 15.2. The van der Waals surface area contributed by atoms with Crippen LogP contribution < -0.4 is 5.32 Å². The molecule has 0 spiro atoms. The van der Waals surface area contributed by atoms with Crippen molar-refractivity contribution in [3.63, 3.8) is 0 Å². The summed E-state index contributed by atoms with van der Waals surface area (Å²) in [5, 5.41) is 3.40. The van der Waals surface area contributed by atoms with Gasteiger partial charge in [0, 0.05) is 25.3 Å². The van der Waals surface area contributed by atoms with Crippen molar-refractivity contribution < 1.29 is 0 Å². The zero-order valence-electron chi connectivity index (χ0n) is 10.6. The number of pyridine rings is 1. The first kappa shape index (κ1) is 13.1. The van der Waals surface area contributed by atoms with Crippen LogP contribution >= 0.6 is 0 Å². The van der Waals surface area contributed by atoms with Crippen LogP contribution in [0.5, 0.6) is 0 Å². The Morgan fingerprint density at radius 1 is 1.38 bits per heavy atom. The molecule has 1 unspecified atom stereocenters. The number of rotatable bonds is 7. The monoisotopic (exact) mass is 221 g/mol. The fourth-order valence-electron chi connectivity index (χ4n) is 1.80. The fraction of sp³-hybridized carbons (Fsp3) is 0.615.